The quantitative estimate of drug-likeness (QED) is 0.738. The highest BCUT2D eigenvalue weighted by Gasteiger charge is 2.16. The number of aryl methyl sites for hydroxylation is 1. The normalized spacial score (nSPS) is 15.6. The molecule has 2 N–H and O–H groups in total. The summed E-state index contributed by atoms with van der Waals surface area (Å²) < 4.78 is 6.81. The van der Waals surface area contributed by atoms with E-state index in [0.29, 0.717) is 5.92 Å². The lowest BCUT2D eigenvalue weighted by atomic mass is 9.98. The first kappa shape index (κ1) is 16.4. The molecule has 0 atom stereocenters. The van der Waals surface area contributed by atoms with Gasteiger partial charge >= 0.3 is 0 Å². The minimum atomic E-state index is 0.0372. The molecule has 1 aliphatic heterocycles. The second-order valence-electron chi connectivity index (χ2n) is 6.68. The van der Waals surface area contributed by atoms with Crippen molar-refractivity contribution in [1.29, 1.82) is 0 Å². The fourth-order valence-electron chi connectivity index (χ4n) is 3.30. The molecule has 2 aromatic heterocycles. The molecule has 1 aromatic carbocycles. The molecule has 4 nitrogen and oxygen atoms in total. The molecule has 0 saturated carbocycles. The number of carbonyl (C=O) groups is 1. The zero-order valence-corrected chi connectivity index (χ0v) is 15.1. The van der Waals surface area contributed by atoms with Gasteiger partial charge in [-0.2, -0.15) is 0 Å². The third-order valence-corrected chi connectivity index (χ3v) is 5.88. The number of amides is 1. The Kier molecular flexibility index (Phi) is 4.59. The Bertz CT molecular complexity index is 890. The fourth-order valence-corrected chi connectivity index (χ4v) is 4.31. The Morgan fingerprint density at radius 3 is 2.84 bits per heavy atom. The van der Waals surface area contributed by atoms with Gasteiger partial charge in [-0.1, -0.05) is 12.1 Å². The maximum atomic E-state index is 12.5. The lowest BCUT2D eigenvalue weighted by molar-refractivity contribution is 0.0948. The van der Waals surface area contributed by atoms with E-state index in [1.54, 1.807) is 11.3 Å². The van der Waals surface area contributed by atoms with Gasteiger partial charge in [0.1, 0.15) is 11.5 Å². The van der Waals surface area contributed by atoms with Crippen LogP contribution in [-0.2, 0) is 0 Å². The van der Waals surface area contributed by atoms with Gasteiger partial charge in [-0.15, -0.1) is 11.3 Å². The van der Waals surface area contributed by atoms with E-state index < -0.39 is 0 Å². The average Bonchev–Trinajstić information content (AvgIpc) is 3.26. The summed E-state index contributed by atoms with van der Waals surface area (Å²) in [5, 5.41) is 7.56. The summed E-state index contributed by atoms with van der Waals surface area (Å²) >= 11 is 1.54. The number of hydrogen-bond acceptors (Lipinski definition) is 4. The van der Waals surface area contributed by atoms with Crippen molar-refractivity contribution >= 4 is 27.3 Å². The third kappa shape index (κ3) is 3.62. The highest BCUT2D eigenvalue weighted by atomic mass is 32.1. The number of carbonyl (C=O) groups excluding carboxylic acids is 1. The minimum absolute atomic E-state index is 0.0372. The van der Waals surface area contributed by atoms with Crippen LogP contribution in [0.2, 0.25) is 0 Å². The molecule has 25 heavy (non-hydrogen) atoms. The second-order valence-corrected chi connectivity index (χ2v) is 7.76. The van der Waals surface area contributed by atoms with Crippen LogP contribution < -0.4 is 10.6 Å². The highest BCUT2D eigenvalue weighted by molar-refractivity contribution is 7.20. The van der Waals surface area contributed by atoms with Crippen LogP contribution >= 0.6 is 11.3 Å². The average molecular weight is 354 g/mol. The summed E-state index contributed by atoms with van der Waals surface area (Å²) in [6.07, 6.45) is 2.28. The van der Waals surface area contributed by atoms with Gasteiger partial charge in [0.2, 0.25) is 0 Å². The molecule has 0 spiro atoms. The van der Waals surface area contributed by atoms with E-state index in [2.05, 4.69) is 22.8 Å². The number of benzene rings is 1. The van der Waals surface area contributed by atoms with Crippen LogP contribution in [0.25, 0.3) is 21.4 Å². The number of thiophene rings is 1. The molecule has 4 rings (SSSR count). The molecule has 5 heteroatoms. The third-order valence-electron chi connectivity index (χ3n) is 4.78. The van der Waals surface area contributed by atoms with Crippen LogP contribution in [0.5, 0.6) is 0 Å². The SMILES string of the molecule is Cc1ccc(-c2ccc3cc(C(=O)NCC4CCNCC4)sc3c2)o1. The molecular weight excluding hydrogens is 332 g/mol. The highest BCUT2D eigenvalue weighted by Crippen LogP contribution is 2.31. The zero-order valence-electron chi connectivity index (χ0n) is 14.3. The lowest BCUT2D eigenvalue weighted by Gasteiger charge is -2.22. The van der Waals surface area contributed by atoms with Crippen molar-refractivity contribution in [1.82, 2.24) is 10.6 Å². The smallest absolute Gasteiger partial charge is 0.261 e. The van der Waals surface area contributed by atoms with E-state index in [0.717, 1.165) is 64.5 Å². The standard InChI is InChI=1S/C20H22N2O2S/c1-13-2-5-17(24-13)15-3-4-16-11-19(25-18(16)10-15)20(23)22-12-14-6-8-21-9-7-14/h2-5,10-11,14,21H,6-9,12H2,1H3,(H,22,23). The van der Waals surface area contributed by atoms with Gasteiger partial charge in [0, 0.05) is 16.8 Å². The Labute approximate surface area is 151 Å². The maximum absolute atomic E-state index is 12.5. The molecule has 130 valence electrons. The summed E-state index contributed by atoms with van der Waals surface area (Å²) in [5.74, 6) is 2.40. The van der Waals surface area contributed by atoms with Crippen molar-refractivity contribution in [2.75, 3.05) is 19.6 Å². The zero-order chi connectivity index (χ0) is 17.2. The molecular formula is C20H22N2O2S. The first-order valence-corrected chi connectivity index (χ1v) is 9.60. The Morgan fingerprint density at radius 2 is 2.08 bits per heavy atom. The summed E-state index contributed by atoms with van der Waals surface area (Å²) in [5.41, 5.74) is 1.05. The van der Waals surface area contributed by atoms with Crippen molar-refractivity contribution in [3.05, 3.63) is 47.0 Å². The molecule has 3 aromatic rings. The number of hydrogen-bond donors (Lipinski definition) is 2. The first-order valence-electron chi connectivity index (χ1n) is 8.78. The number of furan rings is 1. The molecule has 1 amide bonds. The Hall–Kier alpha value is -2.11. The topological polar surface area (TPSA) is 54.3 Å². The molecule has 3 heterocycles. The summed E-state index contributed by atoms with van der Waals surface area (Å²) in [6, 6.07) is 12.1. The lowest BCUT2D eigenvalue weighted by Crippen LogP contribution is -2.35. The van der Waals surface area contributed by atoms with Gasteiger partial charge in [-0.25, -0.2) is 0 Å². The van der Waals surface area contributed by atoms with Crippen LogP contribution in [0.15, 0.2) is 40.8 Å². The summed E-state index contributed by atoms with van der Waals surface area (Å²) in [4.78, 5) is 13.3. The van der Waals surface area contributed by atoms with Crippen molar-refractivity contribution in [2.45, 2.75) is 19.8 Å². The first-order chi connectivity index (χ1) is 12.2. The molecule has 1 saturated heterocycles. The fraction of sp³-hybridized carbons (Fsp3) is 0.350. The van der Waals surface area contributed by atoms with Gasteiger partial charge in [-0.05, 0) is 68.4 Å². The van der Waals surface area contributed by atoms with Gasteiger partial charge in [-0.3, -0.25) is 4.79 Å². The molecule has 1 aliphatic rings. The maximum Gasteiger partial charge on any atom is 0.261 e. The van der Waals surface area contributed by atoms with Crippen molar-refractivity contribution in [3.63, 3.8) is 0 Å². The van der Waals surface area contributed by atoms with Crippen molar-refractivity contribution in [2.24, 2.45) is 5.92 Å². The van der Waals surface area contributed by atoms with Crippen molar-refractivity contribution < 1.29 is 9.21 Å². The van der Waals surface area contributed by atoms with Crippen LogP contribution in [0.1, 0.15) is 28.3 Å². The number of rotatable bonds is 4. The summed E-state index contributed by atoms with van der Waals surface area (Å²) in [6.45, 7) is 4.82. The molecule has 1 fully saturated rings. The van der Waals surface area contributed by atoms with E-state index in [1.807, 2.05) is 31.2 Å². The van der Waals surface area contributed by atoms with Crippen LogP contribution in [-0.4, -0.2) is 25.5 Å². The Morgan fingerprint density at radius 1 is 1.24 bits per heavy atom. The van der Waals surface area contributed by atoms with Crippen LogP contribution in [0, 0.1) is 12.8 Å². The van der Waals surface area contributed by atoms with Gasteiger partial charge in [0.05, 0.1) is 4.88 Å². The van der Waals surface area contributed by atoms with E-state index in [-0.39, 0.29) is 5.91 Å². The van der Waals surface area contributed by atoms with Gasteiger partial charge < -0.3 is 15.1 Å². The minimum Gasteiger partial charge on any atom is -0.461 e. The second kappa shape index (κ2) is 7.02. The van der Waals surface area contributed by atoms with Gasteiger partial charge in [0.25, 0.3) is 5.91 Å². The van der Waals surface area contributed by atoms with Crippen LogP contribution in [0.3, 0.4) is 0 Å². The predicted octanol–water partition coefficient (Wildman–Crippen LogP) is 4.20. The van der Waals surface area contributed by atoms with E-state index in [9.17, 15) is 4.79 Å². The molecule has 0 bridgehead atoms. The van der Waals surface area contributed by atoms with E-state index >= 15 is 0 Å². The van der Waals surface area contributed by atoms with Crippen molar-refractivity contribution in [3.8, 4) is 11.3 Å². The summed E-state index contributed by atoms with van der Waals surface area (Å²) in [7, 11) is 0. The van der Waals surface area contributed by atoms with E-state index in [1.165, 1.54) is 0 Å². The molecule has 0 unspecified atom stereocenters. The van der Waals surface area contributed by atoms with Gasteiger partial charge in [0.15, 0.2) is 0 Å². The number of piperidine rings is 1. The van der Waals surface area contributed by atoms with E-state index in [4.69, 9.17) is 4.42 Å². The monoisotopic (exact) mass is 354 g/mol. The Balaban J connectivity index is 1.49. The predicted molar refractivity (Wildman–Crippen MR) is 102 cm³/mol. The molecule has 0 radical (unpaired) electrons. The number of fused-ring (bicyclic) bond motifs is 1. The molecule has 0 aliphatic carbocycles. The number of nitrogens with one attached hydrogen (secondary N) is 2. The van der Waals surface area contributed by atoms with Crippen LogP contribution in [0.4, 0.5) is 0 Å². The largest absolute Gasteiger partial charge is 0.461 e.